The maximum atomic E-state index is 12.3. The lowest BCUT2D eigenvalue weighted by atomic mass is 10.1. The standard InChI is InChI=1S/C23H33N5O2/c1-8-11-17(27-22(29)30-23(4,5)6)18-12-10-13-19(26-18)21-20(15-25-28(21)7)24-14-16(3)9-2/h8-10,12-13,15-17,24H,1-2,11,14H2,3-7H3,(H,27,29)/t16-,17?/m1/s1. The van der Waals surface area contributed by atoms with E-state index in [9.17, 15) is 4.79 Å². The van der Waals surface area contributed by atoms with Crippen molar-refractivity contribution in [1.82, 2.24) is 20.1 Å². The van der Waals surface area contributed by atoms with E-state index in [0.717, 1.165) is 29.3 Å². The van der Waals surface area contributed by atoms with Crippen LogP contribution < -0.4 is 10.6 Å². The number of hydrogen-bond acceptors (Lipinski definition) is 5. The van der Waals surface area contributed by atoms with Gasteiger partial charge >= 0.3 is 6.09 Å². The fourth-order valence-electron chi connectivity index (χ4n) is 2.87. The summed E-state index contributed by atoms with van der Waals surface area (Å²) in [6.07, 6.45) is 5.50. The third-order valence-electron chi connectivity index (χ3n) is 4.42. The number of carbonyl (C=O) groups excluding carboxylic acids is 1. The molecule has 2 rings (SSSR count). The summed E-state index contributed by atoms with van der Waals surface area (Å²) in [5.41, 5.74) is 2.70. The first-order valence-electron chi connectivity index (χ1n) is 10.1. The Kier molecular flexibility index (Phi) is 7.80. The smallest absolute Gasteiger partial charge is 0.408 e. The number of aromatic nitrogens is 3. The van der Waals surface area contributed by atoms with E-state index in [4.69, 9.17) is 9.72 Å². The normalized spacial score (nSPS) is 13.2. The van der Waals surface area contributed by atoms with Gasteiger partial charge in [0.1, 0.15) is 11.3 Å². The Morgan fingerprint density at radius 3 is 2.70 bits per heavy atom. The van der Waals surface area contributed by atoms with Crippen LogP contribution in [0.3, 0.4) is 0 Å². The van der Waals surface area contributed by atoms with Crippen LogP contribution in [0.25, 0.3) is 11.4 Å². The van der Waals surface area contributed by atoms with E-state index in [1.807, 2.05) is 52.1 Å². The van der Waals surface area contributed by atoms with E-state index >= 15 is 0 Å². The van der Waals surface area contributed by atoms with Crippen molar-refractivity contribution >= 4 is 11.8 Å². The Morgan fingerprint density at radius 2 is 2.07 bits per heavy atom. The van der Waals surface area contributed by atoms with Crippen molar-refractivity contribution in [3.8, 4) is 11.4 Å². The number of carbonyl (C=O) groups is 1. The summed E-state index contributed by atoms with van der Waals surface area (Å²) in [5.74, 6) is 0.326. The lowest BCUT2D eigenvalue weighted by Crippen LogP contribution is -2.35. The van der Waals surface area contributed by atoms with Gasteiger partial charge < -0.3 is 15.4 Å². The summed E-state index contributed by atoms with van der Waals surface area (Å²) in [7, 11) is 1.88. The van der Waals surface area contributed by atoms with Gasteiger partial charge in [-0.1, -0.05) is 25.1 Å². The van der Waals surface area contributed by atoms with E-state index in [0.29, 0.717) is 12.3 Å². The molecule has 0 bridgehead atoms. The minimum atomic E-state index is -0.573. The van der Waals surface area contributed by atoms with Gasteiger partial charge in [-0.05, 0) is 45.2 Å². The number of anilines is 1. The summed E-state index contributed by atoms with van der Waals surface area (Å²) >= 11 is 0. The summed E-state index contributed by atoms with van der Waals surface area (Å²) in [6, 6.07) is 5.40. The lowest BCUT2D eigenvalue weighted by Gasteiger charge is -2.23. The van der Waals surface area contributed by atoms with E-state index in [2.05, 4.69) is 35.8 Å². The highest BCUT2D eigenvalue weighted by atomic mass is 16.6. The van der Waals surface area contributed by atoms with Crippen molar-refractivity contribution < 1.29 is 9.53 Å². The van der Waals surface area contributed by atoms with E-state index < -0.39 is 11.7 Å². The Bertz CT molecular complexity index is 882. The topological polar surface area (TPSA) is 81.1 Å². The number of nitrogens with zero attached hydrogens (tertiary/aromatic N) is 3. The second-order valence-corrected chi connectivity index (χ2v) is 8.30. The van der Waals surface area contributed by atoms with Crippen molar-refractivity contribution in [3.05, 3.63) is 55.4 Å². The molecule has 0 fully saturated rings. The third kappa shape index (κ3) is 6.47. The highest BCUT2D eigenvalue weighted by Crippen LogP contribution is 2.28. The molecular formula is C23H33N5O2. The largest absolute Gasteiger partial charge is 0.444 e. The Hall–Kier alpha value is -3.09. The monoisotopic (exact) mass is 411 g/mol. The molecule has 2 heterocycles. The third-order valence-corrected chi connectivity index (χ3v) is 4.42. The van der Waals surface area contributed by atoms with Gasteiger partial charge in [-0.3, -0.25) is 4.68 Å². The molecule has 2 N–H and O–H groups in total. The van der Waals surface area contributed by atoms with Crippen LogP contribution in [-0.2, 0) is 11.8 Å². The maximum absolute atomic E-state index is 12.3. The number of nitrogens with one attached hydrogen (secondary N) is 2. The van der Waals surface area contributed by atoms with Gasteiger partial charge in [0.05, 0.1) is 29.3 Å². The highest BCUT2D eigenvalue weighted by molar-refractivity contribution is 5.72. The number of hydrogen-bond donors (Lipinski definition) is 2. The zero-order valence-electron chi connectivity index (χ0n) is 18.6. The molecule has 0 aliphatic carbocycles. The Labute approximate surface area is 179 Å². The second-order valence-electron chi connectivity index (χ2n) is 8.30. The molecule has 1 amide bonds. The van der Waals surface area contributed by atoms with Gasteiger partial charge in [0.15, 0.2) is 0 Å². The average molecular weight is 412 g/mol. The predicted molar refractivity (Wildman–Crippen MR) is 121 cm³/mol. The minimum absolute atomic E-state index is 0.326. The summed E-state index contributed by atoms with van der Waals surface area (Å²) in [4.78, 5) is 17.1. The van der Waals surface area contributed by atoms with Crippen LogP contribution in [0.2, 0.25) is 0 Å². The maximum Gasteiger partial charge on any atom is 0.408 e. The van der Waals surface area contributed by atoms with Gasteiger partial charge in [0.2, 0.25) is 0 Å². The summed E-state index contributed by atoms with van der Waals surface area (Å²) in [5, 5.41) is 10.7. The molecule has 0 aliphatic heterocycles. The number of alkyl carbamates (subject to hydrolysis) is 1. The SMILES string of the molecule is C=CCC(NC(=O)OC(C)(C)C)c1cccc(-c2c(NC[C@H](C)C=C)cnn2C)n1. The molecule has 2 atom stereocenters. The molecule has 30 heavy (non-hydrogen) atoms. The van der Waals surface area contributed by atoms with Crippen LogP contribution in [0.1, 0.15) is 45.9 Å². The molecular weight excluding hydrogens is 378 g/mol. The van der Waals surface area contributed by atoms with Crippen molar-refractivity contribution in [1.29, 1.82) is 0 Å². The van der Waals surface area contributed by atoms with Gasteiger partial charge in [-0.15, -0.1) is 13.2 Å². The molecule has 0 spiro atoms. The van der Waals surface area contributed by atoms with Crippen LogP contribution in [-0.4, -0.2) is 33.0 Å². The first kappa shape index (κ1) is 23.2. The highest BCUT2D eigenvalue weighted by Gasteiger charge is 2.22. The first-order chi connectivity index (χ1) is 14.1. The first-order valence-corrected chi connectivity index (χ1v) is 10.1. The van der Waals surface area contributed by atoms with Crippen LogP contribution in [0, 0.1) is 5.92 Å². The molecule has 2 aromatic rings. The molecule has 162 valence electrons. The van der Waals surface area contributed by atoms with Crippen LogP contribution in [0.5, 0.6) is 0 Å². The number of amides is 1. The summed E-state index contributed by atoms with van der Waals surface area (Å²) in [6.45, 7) is 16.0. The van der Waals surface area contributed by atoms with Crippen molar-refractivity contribution in [3.63, 3.8) is 0 Å². The molecule has 7 heteroatoms. The van der Waals surface area contributed by atoms with Gasteiger partial charge in [0.25, 0.3) is 0 Å². The fourth-order valence-corrected chi connectivity index (χ4v) is 2.87. The zero-order chi connectivity index (χ0) is 22.3. The van der Waals surface area contributed by atoms with E-state index in [-0.39, 0.29) is 6.04 Å². The van der Waals surface area contributed by atoms with Gasteiger partial charge in [0, 0.05) is 13.6 Å². The van der Waals surface area contributed by atoms with Gasteiger partial charge in [-0.2, -0.15) is 5.10 Å². The molecule has 2 aromatic heterocycles. The number of ether oxygens (including phenoxy) is 1. The predicted octanol–water partition coefficient (Wildman–Crippen LogP) is 4.86. The van der Waals surface area contributed by atoms with Crippen LogP contribution >= 0.6 is 0 Å². The van der Waals surface area contributed by atoms with Gasteiger partial charge in [-0.25, -0.2) is 9.78 Å². The molecule has 7 nitrogen and oxygen atoms in total. The number of aryl methyl sites for hydroxylation is 1. The molecule has 0 radical (unpaired) electrons. The Balaban J connectivity index is 2.30. The zero-order valence-corrected chi connectivity index (χ0v) is 18.6. The minimum Gasteiger partial charge on any atom is -0.444 e. The lowest BCUT2D eigenvalue weighted by molar-refractivity contribution is 0.0503. The van der Waals surface area contributed by atoms with Crippen molar-refractivity contribution in [2.45, 2.75) is 45.8 Å². The molecule has 0 aliphatic rings. The molecule has 0 saturated carbocycles. The molecule has 0 saturated heterocycles. The number of pyridine rings is 1. The van der Waals surface area contributed by atoms with Crippen LogP contribution in [0.4, 0.5) is 10.5 Å². The summed E-state index contributed by atoms with van der Waals surface area (Å²) < 4.78 is 7.19. The van der Waals surface area contributed by atoms with E-state index in [1.165, 1.54) is 0 Å². The molecule has 1 unspecified atom stereocenters. The quantitative estimate of drug-likeness (QED) is 0.576. The number of rotatable bonds is 9. The van der Waals surface area contributed by atoms with E-state index in [1.54, 1.807) is 17.0 Å². The Morgan fingerprint density at radius 1 is 1.33 bits per heavy atom. The van der Waals surface area contributed by atoms with Crippen molar-refractivity contribution in [2.24, 2.45) is 13.0 Å². The molecule has 0 aromatic carbocycles. The second kappa shape index (κ2) is 10.1. The average Bonchev–Trinajstić information content (AvgIpc) is 3.04. The van der Waals surface area contributed by atoms with Crippen LogP contribution in [0.15, 0.2) is 49.7 Å². The van der Waals surface area contributed by atoms with Crippen molar-refractivity contribution in [2.75, 3.05) is 11.9 Å². The fraction of sp³-hybridized carbons (Fsp3) is 0.435.